The van der Waals surface area contributed by atoms with Crippen LogP contribution in [-0.2, 0) is 0 Å². The van der Waals surface area contributed by atoms with Crippen LogP contribution in [0.1, 0.15) is 37.0 Å². The van der Waals surface area contributed by atoms with Crippen LogP contribution < -0.4 is 4.74 Å². The summed E-state index contributed by atoms with van der Waals surface area (Å²) >= 11 is 3.36. The Bertz CT molecular complexity index is 347. The first-order valence-corrected chi connectivity index (χ1v) is 5.87. The lowest BCUT2D eigenvalue weighted by Gasteiger charge is -2.09. The number of benzene rings is 1. The third-order valence-corrected chi connectivity index (χ3v) is 2.57. The van der Waals surface area contributed by atoms with Gasteiger partial charge < -0.3 is 4.74 Å². The maximum atomic E-state index is 11.3. The molecule has 0 fully saturated rings. The first kappa shape index (κ1) is 12.2. The Morgan fingerprint density at radius 2 is 2.20 bits per heavy atom. The van der Waals surface area contributed by atoms with Crippen LogP contribution in [0.5, 0.6) is 5.75 Å². The number of hydrogen-bond donors (Lipinski definition) is 0. The summed E-state index contributed by atoms with van der Waals surface area (Å²) < 4.78 is 6.50. The molecular weight excluding hydrogens is 256 g/mol. The van der Waals surface area contributed by atoms with Crippen LogP contribution in [0.4, 0.5) is 0 Å². The number of hydrogen-bond acceptors (Lipinski definition) is 2. The Kier molecular flexibility index (Phi) is 4.82. The standard InChI is InChI=1S/C12H15BrO2/c1-3-4-7-15-12-8-10(13)5-6-11(12)9(2)14/h5-6,8H,3-4,7H2,1-2H3. The molecule has 0 spiro atoms. The molecular formula is C12H15BrO2. The van der Waals surface area contributed by atoms with Gasteiger partial charge in [-0.25, -0.2) is 0 Å². The fraction of sp³-hybridized carbons (Fsp3) is 0.417. The third-order valence-electron chi connectivity index (χ3n) is 2.08. The molecule has 0 aliphatic rings. The largest absolute Gasteiger partial charge is 0.493 e. The van der Waals surface area contributed by atoms with Crippen molar-refractivity contribution in [3.63, 3.8) is 0 Å². The van der Waals surface area contributed by atoms with Crippen molar-refractivity contribution >= 4 is 21.7 Å². The lowest BCUT2D eigenvalue weighted by atomic mass is 10.1. The first-order chi connectivity index (χ1) is 7.15. The molecule has 15 heavy (non-hydrogen) atoms. The van der Waals surface area contributed by atoms with Crippen molar-refractivity contribution in [2.75, 3.05) is 6.61 Å². The average Bonchev–Trinajstić information content (AvgIpc) is 2.18. The van der Waals surface area contributed by atoms with E-state index in [0.717, 1.165) is 17.3 Å². The zero-order valence-electron chi connectivity index (χ0n) is 9.05. The summed E-state index contributed by atoms with van der Waals surface area (Å²) in [6.07, 6.45) is 2.09. The van der Waals surface area contributed by atoms with Gasteiger partial charge in [-0.15, -0.1) is 0 Å². The van der Waals surface area contributed by atoms with E-state index < -0.39 is 0 Å². The van der Waals surface area contributed by atoms with Crippen LogP contribution in [0.25, 0.3) is 0 Å². The highest BCUT2D eigenvalue weighted by molar-refractivity contribution is 9.10. The van der Waals surface area contributed by atoms with E-state index in [1.807, 2.05) is 12.1 Å². The Morgan fingerprint density at radius 1 is 1.47 bits per heavy atom. The minimum atomic E-state index is 0.0361. The van der Waals surface area contributed by atoms with Crippen molar-refractivity contribution in [3.05, 3.63) is 28.2 Å². The molecule has 0 saturated carbocycles. The van der Waals surface area contributed by atoms with Gasteiger partial charge in [-0.1, -0.05) is 29.3 Å². The Labute approximate surface area is 98.8 Å². The van der Waals surface area contributed by atoms with Gasteiger partial charge in [0, 0.05) is 4.47 Å². The highest BCUT2D eigenvalue weighted by Crippen LogP contribution is 2.24. The molecule has 0 bridgehead atoms. The van der Waals surface area contributed by atoms with Crippen LogP contribution >= 0.6 is 15.9 Å². The Hall–Kier alpha value is -0.830. The smallest absolute Gasteiger partial charge is 0.163 e. The highest BCUT2D eigenvalue weighted by atomic mass is 79.9. The minimum Gasteiger partial charge on any atom is -0.493 e. The van der Waals surface area contributed by atoms with Crippen molar-refractivity contribution in [1.29, 1.82) is 0 Å². The summed E-state index contributed by atoms with van der Waals surface area (Å²) in [5, 5.41) is 0. The zero-order valence-corrected chi connectivity index (χ0v) is 10.6. The quantitative estimate of drug-likeness (QED) is 0.601. The maximum absolute atomic E-state index is 11.3. The summed E-state index contributed by atoms with van der Waals surface area (Å²) in [5.41, 5.74) is 0.648. The molecule has 0 aliphatic heterocycles. The molecule has 0 aliphatic carbocycles. The highest BCUT2D eigenvalue weighted by Gasteiger charge is 2.08. The molecule has 2 nitrogen and oxygen atoms in total. The van der Waals surface area contributed by atoms with Gasteiger partial charge in [0.2, 0.25) is 0 Å². The van der Waals surface area contributed by atoms with Gasteiger partial charge in [-0.3, -0.25) is 4.79 Å². The molecule has 1 rings (SSSR count). The number of ether oxygens (including phenoxy) is 1. The number of carbonyl (C=O) groups excluding carboxylic acids is 1. The van der Waals surface area contributed by atoms with Crippen LogP contribution in [0.3, 0.4) is 0 Å². The molecule has 82 valence electrons. The second-order valence-corrected chi connectivity index (χ2v) is 4.31. The molecule has 0 N–H and O–H groups in total. The summed E-state index contributed by atoms with van der Waals surface area (Å²) in [4.78, 5) is 11.3. The summed E-state index contributed by atoms with van der Waals surface area (Å²) in [5.74, 6) is 0.708. The van der Waals surface area contributed by atoms with Crippen LogP contribution in [0.15, 0.2) is 22.7 Å². The maximum Gasteiger partial charge on any atom is 0.163 e. The second kappa shape index (κ2) is 5.91. The van der Waals surface area contributed by atoms with Gasteiger partial charge in [-0.2, -0.15) is 0 Å². The van der Waals surface area contributed by atoms with E-state index >= 15 is 0 Å². The normalized spacial score (nSPS) is 10.1. The molecule has 0 aromatic heterocycles. The van der Waals surface area contributed by atoms with E-state index in [1.54, 1.807) is 13.0 Å². The molecule has 0 unspecified atom stereocenters. The predicted molar refractivity (Wildman–Crippen MR) is 64.5 cm³/mol. The van der Waals surface area contributed by atoms with Gasteiger partial charge in [0.1, 0.15) is 5.75 Å². The summed E-state index contributed by atoms with van der Waals surface area (Å²) in [7, 11) is 0. The zero-order chi connectivity index (χ0) is 11.3. The fourth-order valence-corrected chi connectivity index (χ4v) is 1.57. The van der Waals surface area contributed by atoms with Crippen molar-refractivity contribution in [3.8, 4) is 5.75 Å². The van der Waals surface area contributed by atoms with Crippen molar-refractivity contribution < 1.29 is 9.53 Å². The monoisotopic (exact) mass is 270 g/mol. The number of rotatable bonds is 5. The van der Waals surface area contributed by atoms with Gasteiger partial charge in [-0.05, 0) is 31.5 Å². The summed E-state index contributed by atoms with van der Waals surface area (Å²) in [6, 6.07) is 5.48. The molecule has 0 saturated heterocycles. The van der Waals surface area contributed by atoms with E-state index in [0.29, 0.717) is 17.9 Å². The third kappa shape index (κ3) is 3.67. The summed E-state index contributed by atoms with van der Waals surface area (Å²) in [6.45, 7) is 4.32. The molecule has 1 aromatic carbocycles. The number of Topliss-reactive ketones (excluding diaryl/α,β-unsaturated/α-hetero) is 1. The van der Waals surface area contributed by atoms with E-state index in [-0.39, 0.29) is 5.78 Å². The van der Waals surface area contributed by atoms with Crippen LogP contribution in [0.2, 0.25) is 0 Å². The average molecular weight is 271 g/mol. The number of halogens is 1. The van der Waals surface area contributed by atoms with Gasteiger partial charge in [0.05, 0.1) is 12.2 Å². The lowest BCUT2D eigenvalue weighted by molar-refractivity contribution is 0.101. The van der Waals surface area contributed by atoms with Crippen LogP contribution in [0, 0.1) is 0 Å². The van der Waals surface area contributed by atoms with Crippen molar-refractivity contribution in [2.24, 2.45) is 0 Å². The Balaban J connectivity index is 2.82. The number of ketones is 1. The molecule has 0 radical (unpaired) electrons. The van der Waals surface area contributed by atoms with Gasteiger partial charge >= 0.3 is 0 Å². The molecule has 0 heterocycles. The van der Waals surface area contributed by atoms with Crippen molar-refractivity contribution in [2.45, 2.75) is 26.7 Å². The predicted octanol–water partition coefficient (Wildman–Crippen LogP) is 3.83. The van der Waals surface area contributed by atoms with Gasteiger partial charge in [0.25, 0.3) is 0 Å². The number of unbranched alkanes of at least 4 members (excludes halogenated alkanes) is 1. The van der Waals surface area contributed by atoms with E-state index in [4.69, 9.17) is 4.74 Å². The molecule has 1 aromatic rings. The first-order valence-electron chi connectivity index (χ1n) is 5.08. The number of carbonyl (C=O) groups is 1. The minimum absolute atomic E-state index is 0.0361. The van der Waals surface area contributed by atoms with E-state index in [1.165, 1.54) is 0 Å². The Morgan fingerprint density at radius 3 is 2.80 bits per heavy atom. The topological polar surface area (TPSA) is 26.3 Å². The second-order valence-electron chi connectivity index (χ2n) is 3.40. The lowest BCUT2D eigenvalue weighted by Crippen LogP contribution is -2.02. The van der Waals surface area contributed by atoms with Crippen LogP contribution in [-0.4, -0.2) is 12.4 Å². The van der Waals surface area contributed by atoms with Gasteiger partial charge in [0.15, 0.2) is 5.78 Å². The SMILES string of the molecule is CCCCOc1cc(Br)ccc1C(C)=O. The molecule has 0 atom stereocenters. The van der Waals surface area contributed by atoms with E-state index in [2.05, 4.69) is 22.9 Å². The molecule has 3 heteroatoms. The van der Waals surface area contributed by atoms with E-state index in [9.17, 15) is 4.79 Å². The van der Waals surface area contributed by atoms with Crippen molar-refractivity contribution in [1.82, 2.24) is 0 Å². The fourth-order valence-electron chi connectivity index (χ4n) is 1.23. The molecule has 0 amide bonds.